The average Bonchev–Trinajstić information content (AvgIpc) is 3.02. The number of rotatable bonds is 6. The maximum Gasteiger partial charge on any atom is 0.455 e. The van der Waals surface area contributed by atoms with Gasteiger partial charge in [-0.2, -0.15) is 0 Å². The molecule has 0 radical (unpaired) electrons. The zero-order chi connectivity index (χ0) is 25.6. The van der Waals surface area contributed by atoms with Crippen LogP contribution in [0.4, 0.5) is 0 Å². The van der Waals surface area contributed by atoms with Gasteiger partial charge in [-0.05, 0) is 90.2 Å². The van der Waals surface area contributed by atoms with Crippen LogP contribution in [0, 0.1) is 27.2 Å². The molecular weight excluding hydrogens is 560 g/mol. The molecule has 1 aliphatic carbocycles. The largest absolute Gasteiger partial charge is 0.504 e. The minimum absolute atomic E-state index is 0.104. The first-order valence-corrected chi connectivity index (χ1v) is 13.2. The van der Waals surface area contributed by atoms with Crippen LogP contribution < -0.4 is 4.74 Å². The molecule has 2 fully saturated rings. The fourth-order valence-corrected chi connectivity index (χ4v) is 6.58. The number of ether oxygens (including phenoxy) is 1. The second-order valence-corrected chi connectivity index (χ2v) is 11.4. The first-order chi connectivity index (χ1) is 16.5. The molecule has 0 unspecified atom stereocenters. The molecule has 0 spiro atoms. The second-order valence-electron chi connectivity index (χ2n) is 10.2. The predicted molar refractivity (Wildman–Crippen MR) is 143 cm³/mol. The number of carbonyl (C=O) groups is 2. The number of phenols is 1. The summed E-state index contributed by atoms with van der Waals surface area (Å²) in [6.07, 6.45) is 4.09. The van der Waals surface area contributed by atoms with Gasteiger partial charge in [0.05, 0.1) is 28.6 Å². The predicted octanol–water partition coefficient (Wildman–Crippen LogP) is 4.27. The lowest BCUT2D eigenvalue weighted by atomic mass is 9.57. The standard InChI is InChI=1S/C26H33BINO6/c1-13(2)16-11-17-23(26(32)29(4)25(17)31)18-12-27(33)35-20(22(16)18)7-6-14(3)8-15-9-19(28)24(30)21(10-15)34-5/h8-10,13,17-18,20,23,30,33H,6-7,11-12H2,1-5H3/b14-8+/t17-,18+,20-,23-/m1/s1. The number of hydrogen-bond donors (Lipinski definition) is 2. The minimum atomic E-state index is -0.957. The molecule has 2 saturated heterocycles. The average molecular weight is 593 g/mol. The lowest BCUT2D eigenvalue weighted by Gasteiger charge is -2.44. The minimum Gasteiger partial charge on any atom is -0.504 e. The molecule has 2 N–H and O–H groups in total. The number of hydrogen-bond acceptors (Lipinski definition) is 6. The zero-order valence-corrected chi connectivity index (χ0v) is 23.0. The molecule has 1 aromatic rings. The summed E-state index contributed by atoms with van der Waals surface area (Å²) in [6.45, 7) is 6.29. The van der Waals surface area contributed by atoms with Gasteiger partial charge in [0.2, 0.25) is 11.8 Å². The third-order valence-electron chi connectivity index (χ3n) is 7.65. The van der Waals surface area contributed by atoms with Crippen molar-refractivity contribution in [1.29, 1.82) is 0 Å². The highest BCUT2D eigenvalue weighted by molar-refractivity contribution is 14.1. The Hall–Kier alpha value is -1.85. The topological polar surface area (TPSA) is 96.3 Å². The zero-order valence-electron chi connectivity index (χ0n) is 20.9. The van der Waals surface area contributed by atoms with Gasteiger partial charge in [-0.3, -0.25) is 14.5 Å². The Morgan fingerprint density at radius 3 is 2.69 bits per heavy atom. The molecule has 1 aromatic carbocycles. The van der Waals surface area contributed by atoms with Gasteiger partial charge in [-0.25, -0.2) is 0 Å². The number of halogens is 1. The van der Waals surface area contributed by atoms with E-state index in [4.69, 9.17) is 9.39 Å². The molecule has 4 rings (SSSR count). The van der Waals surface area contributed by atoms with Crippen LogP contribution in [-0.2, 0) is 14.2 Å². The molecule has 0 saturated carbocycles. The van der Waals surface area contributed by atoms with E-state index in [1.54, 1.807) is 13.1 Å². The highest BCUT2D eigenvalue weighted by atomic mass is 127. The van der Waals surface area contributed by atoms with Gasteiger partial charge < -0.3 is 19.5 Å². The van der Waals surface area contributed by atoms with E-state index in [0.717, 1.165) is 23.1 Å². The molecule has 7 nitrogen and oxygen atoms in total. The first-order valence-electron chi connectivity index (χ1n) is 12.1. The normalized spacial score (nSPS) is 27.0. The van der Waals surface area contributed by atoms with Gasteiger partial charge in [-0.1, -0.05) is 31.1 Å². The number of aromatic hydroxyl groups is 1. The number of nitrogens with zero attached hydrogens (tertiary/aromatic N) is 1. The summed E-state index contributed by atoms with van der Waals surface area (Å²) >= 11 is 2.08. The van der Waals surface area contributed by atoms with Gasteiger partial charge in [0.1, 0.15) is 0 Å². The SMILES string of the molecule is COc1cc(/C=C(\C)CC[C@H]2OB(O)C[C@H]3C2=C(C(C)C)C[C@H]2C(=O)N(C)C(=O)[C@H]23)cc(I)c1O. The number of amides is 2. The summed E-state index contributed by atoms with van der Waals surface area (Å²) in [7, 11) is 2.14. The molecule has 35 heavy (non-hydrogen) atoms. The van der Waals surface area contributed by atoms with Crippen molar-refractivity contribution in [2.75, 3.05) is 14.2 Å². The van der Waals surface area contributed by atoms with E-state index in [2.05, 4.69) is 42.5 Å². The highest BCUT2D eigenvalue weighted by Crippen LogP contribution is 2.51. The van der Waals surface area contributed by atoms with Crippen LogP contribution in [-0.4, -0.2) is 54.2 Å². The summed E-state index contributed by atoms with van der Waals surface area (Å²) in [4.78, 5) is 27.1. The van der Waals surface area contributed by atoms with Crippen LogP contribution in [0.25, 0.3) is 6.08 Å². The van der Waals surface area contributed by atoms with Crippen LogP contribution in [0.3, 0.4) is 0 Å². The van der Waals surface area contributed by atoms with Crippen molar-refractivity contribution in [3.05, 3.63) is 38.0 Å². The van der Waals surface area contributed by atoms with E-state index in [1.807, 2.05) is 13.0 Å². The van der Waals surface area contributed by atoms with Gasteiger partial charge in [-0.15, -0.1) is 0 Å². The van der Waals surface area contributed by atoms with E-state index in [9.17, 15) is 19.7 Å². The monoisotopic (exact) mass is 593 g/mol. The van der Waals surface area contributed by atoms with Gasteiger partial charge >= 0.3 is 7.12 Å². The summed E-state index contributed by atoms with van der Waals surface area (Å²) in [6, 6.07) is 3.70. The fraction of sp³-hybridized carbons (Fsp3) is 0.538. The first kappa shape index (κ1) is 26.2. The van der Waals surface area contributed by atoms with Crippen LogP contribution in [0.1, 0.15) is 45.6 Å². The lowest BCUT2D eigenvalue weighted by molar-refractivity contribution is -0.138. The Morgan fingerprint density at radius 2 is 2.03 bits per heavy atom. The van der Waals surface area contributed by atoms with Crippen molar-refractivity contribution in [2.24, 2.45) is 23.7 Å². The Labute approximate surface area is 220 Å². The van der Waals surface area contributed by atoms with Crippen LogP contribution >= 0.6 is 22.6 Å². The van der Waals surface area contributed by atoms with Crippen molar-refractivity contribution >= 4 is 47.6 Å². The summed E-state index contributed by atoms with van der Waals surface area (Å²) in [5, 5.41) is 20.7. The molecular formula is C26H33BINO6. The van der Waals surface area contributed by atoms with Crippen LogP contribution in [0.5, 0.6) is 11.5 Å². The van der Waals surface area contributed by atoms with E-state index < -0.39 is 13.0 Å². The Kier molecular flexibility index (Phi) is 7.69. The number of fused-ring (bicyclic) bond motifs is 3. The number of likely N-dealkylation sites (tertiary alicyclic amines) is 1. The molecule has 3 aliphatic rings. The Bertz CT molecular complexity index is 1100. The van der Waals surface area contributed by atoms with Gasteiger partial charge in [0, 0.05) is 7.05 Å². The van der Waals surface area contributed by atoms with E-state index in [-0.39, 0.29) is 41.4 Å². The molecule has 2 amide bonds. The Balaban J connectivity index is 1.60. The lowest BCUT2D eigenvalue weighted by Crippen LogP contribution is -2.46. The highest BCUT2D eigenvalue weighted by Gasteiger charge is 2.56. The molecule has 2 aliphatic heterocycles. The van der Waals surface area contributed by atoms with Crippen molar-refractivity contribution in [3.8, 4) is 11.5 Å². The molecule has 188 valence electrons. The molecule has 0 aromatic heterocycles. The van der Waals surface area contributed by atoms with E-state index in [1.165, 1.54) is 17.6 Å². The number of methoxy groups -OCH3 is 1. The fourth-order valence-electron chi connectivity index (χ4n) is 5.96. The van der Waals surface area contributed by atoms with Gasteiger partial charge in [0.25, 0.3) is 0 Å². The van der Waals surface area contributed by atoms with Crippen molar-refractivity contribution in [1.82, 2.24) is 4.90 Å². The summed E-state index contributed by atoms with van der Waals surface area (Å²) in [5.74, 6) is -0.361. The van der Waals surface area contributed by atoms with Crippen molar-refractivity contribution in [2.45, 2.75) is 52.5 Å². The molecule has 9 heteroatoms. The van der Waals surface area contributed by atoms with Crippen LogP contribution in [0.15, 0.2) is 28.9 Å². The van der Waals surface area contributed by atoms with Crippen molar-refractivity contribution < 1.29 is 29.1 Å². The Morgan fingerprint density at radius 1 is 1.31 bits per heavy atom. The van der Waals surface area contributed by atoms with E-state index >= 15 is 0 Å². The van der Waals surface area contributed by atoms with E-state index in [0.29, 0.717) is 28.5 Å². The number of carbonyl (C=O) groups excluding carboxylic acids is 2. The number of phenolic OH excluding ortho intramolecular Hbond substituents is 1. The third kappa shape index (κ3) is 4.91. The number of benzene rings is 1. The number of imide groups is 1. The molecule has 4 atom stereocenters. The number of allylic oxidation sites excluding steroid dienone is 2. The third-order valence-corrected chi connectivity index (χ3v) is 8.47. The van der Waals surface area contributed by atoms with Crippen LogP contribution in [0.2, 0.25) is 6.32 Å². The molecule has 2 heterocycles. The van der Waals surface area contributed by atoms with Crippen molar-refractivity contribution in [3.63, 3.8) is 0 Å². The van der Waals surface area contributed by atoms with Gasteiger partial charge in [0.15, 0.2) is 11.5 Å². The second kappa shape index (κ2) is 10.3. The summed E-state index contributed by atoms with van der Waals surface area (Å²) in [5.41, 5.74) is 4.38. The molecule has 0 bridgehead atoms. The maximum absolute atomic E-state index is 13.0. The smallest absolute Gasteiger partial charge is 0.455 e. The quantitative estimate of drug-likeness (QED) is 0.222. The maximum atomic E-state index is 13.0. The summed E-state index contributed by atoms with van der Waals surface area (Å²) < 4.78 is 12.0.